The Morgan fingerprint density at radius 3 is 2.18 bits per heavy atom. The van der Waals surface area contributed by atoms with Crippen molar-refractivity contribution in [1.82, 2.24) is 0 Å². The average Bonchev–Trinajstić information content (AvgIpc) is 2.24. The zero-order valence-electron chi connectivity index (χ0n) is 9.93. The van der Waals surface area contributed by atoms with E-state index in [-0.39, 0.29) is 13.2 Å². The predicted molar refractivity (Wildman–Crippen MR) is 56.8 cm³/mol. The molecule has 0 aliphatic rings. The standard InChI is InChI=1S/C10H17NO6/c1-7(12)15-4-3-9(5-11)17-10(14)6-16-8(2)13/h9H,3-6,11H2,1-2H3. The normalized spacial score (nSPS) is 11.5. The van der Waals surface area contributed by atoms with Gasteiger partial charge >= 0.3 is 17.9 Å². The summed E-state index contributed by atoms with van der Waals surface area (Å²) >= 11 is 0. The van der Waals surface area contributed by atoms with Crippen LogP contribution in [0.15, 0.2) is 0 Å². The molecule has 0 radical (unpaired) electrons. The van der Waals surface area contributed by atoms with Crippen LogP contribution in [0.5, 0.6) is 0 Å². The number of rotatable bonds is 7. The summed E-state index contributed by atoms with van der Waals surface area (Å²) in [7, 11) is 0. The summed E-state index contributed by atoms with van der Waals surface area (Å²) in [4.78, 5) is 32.1. The van der Waals surface area contributed by atoms with E-state index in [0.717, 1.165) is 0 Å². The van der Waals surface area contributed by atoms with Crippen LogP contribution in [0, 0.1) is 0 Å². The van der Waals surface area contributed by atoms with Crippen molar-refractivity contribution in [3.63, 3.8) is 0 Å². The molecule has 0 amide bonds. The first-order valence-corrected chi connectivity index (χ1v) is 5.12. The SMILES string of the molecule is CC(=O)OCCC(CN)OC(=O)COC(C)=O. The van der Waals surface area contributed by atoms with Crippen LogP contribution < -0.4 is 5.73 Å². The molecule has 98 valence electrons. The summed E-state index contributed by atoms with van der Waals surface area (Å²) in [6.45, 7) is 2.25. The molecule has 0 aromatic carbocycles. The smallest absolute Gasteiger partial charge is 0.344 e. The molecule has 0 aromatic heterocycles. The lowest BCUT2D eigenvalue weighted by molar-refractivity contribution is -0.161. The van der Waals surface area contributed by atoms with Crippen LogP contribution >= 0.6 is 0 Å². The zero-order chi connectivity index (χ0) is 13.3. The maximum absolute atomic E-state index is 11.2. The first kappa shape index (κ1) is 15.4. The van der Waals surface area contributed by atoms with Crippen molar-refractivity contribution < 1.29 is 28.6 Å². The largest absolute Gasteiger partial charge is 0.466 e. The Kier molecular flexibility index (Phi) is 7.70. The Bertz CT molecular complexity index is 278. The Balaban J connectivity index is 3.82. The van der Waals surface area contributed by atoms with Gasteiger partial charge in [-0.2, -0.15) is 0 Å². The second kappa shape index (κ2) is 8.51. The molecule has 7 heteroatoms. The summed E-state index contributed by atoms with van der Waals surface area (Å²) in [6.07, 6.45) is -0.251. The summed E-state index contributed by atoms with van der Waals surface area (Å²) in [5, 5.41) is 0. The molecule has 17 heavy (non-hydrogen) atoms. The lowest BCUT2D eigenvalue weighted by Crippen LogP contribution is -2.30. The van der Waals surface area contributed by atoms with Crippen LogP contribution in [0.3, 0.4) is 0 Å². The van der Waals surface area contributed by atoms with Gasteiger partial charge in [-0.1, -0.05) is 0 Å². The molecule has 0 aliphatic heterocycles. The van der Waals surface area contributed by atoms with Gasteiger partial charge in [-0.25, -0.2) is 4.79 Å². The minimum Gasteiger partial charge on any atom is -0.466 e. The summed E-state index contributed by atoms with van der Waals surface area (Å²) in [5.41, 5.74) is 5.37. The number of carbonyl (C=O) groups is 3. The number of hydrogen-bond donors (Lipinski definition) is 1. The van der Waals surface area contributed by atoms with Gasteiger partial charge in [0.05, 0.1) is 6.61 Å². The number of esters is 3. The highest BCUT2D eigenvalue weighted by Crippen LogP contribution is 1.99. The van der Waals surface area contributed by atoms with Crippen molar-refractivity contribution in [2.75, 3.05) is 19.8 Å². The summed E-state index contributed by atoms with van der Waals surface area (Å²) < 4.78 is 14.0. The molecule has 0 aliphatic carbocycles. The van der Waals surface area contributed by atoms with Gasteiger partial charge in [0.1, 0.15) is 6.10 Å². The van der Waals surface area contributed by atoms with Gasteiger partial charge in [-0.15, -0.1) is 0 Å². The highest BCUT2D eigenvalue weighted by Gasteiger charge is 2.14. The molecule has 1 atom stereocenters. The number of carbonyl (C=O) groups excluding carboxylic acids is 3. The van der Waals surface area contributed by atoms with Gasteiger partial charge in [-0.05, 0) is 0 Å². The lowest BCUT2D eigenvalue weighted by Gasteiger charge is -2.15. The van der Waals surface area contributed by atoms with Gasteiger partial charge in [0.25, 0.3) is 0 Å². The molecule has 7 nitrogen and oxygen atoms in total. The van der Waals surface area contributed by atoms with Crippen LogP contribution in [-0.2, 0) is 28.6 Å². The van der Waals surface area contributed by atoms with Crippen LogP contribution in [0.4, 0.5) is 0 Å². The molecule has 0 heterocycles. The molecular weight excluding hydrogens is 230 g/mol. The Morgan fingerprint density at radius 1 is 1.12 bits per heavy atom. The van der Waals surface area contributed by atoms with Crippen molar-refractivity contribution in [2.24, 2.45) is 5.73 Å². The van der Waals surface area contributed by atoms with Gasteiger partial charge in [0.2, 0.25) is 0 Å². The quantitative estimate of drug-likeness (QED) is 0.471. The fourth-order valence-electron chi connectivity index (χ4n) is 0.939. The van der Waals surface area contributed by atoms with E-state index in [0.29, 0.717) is 6.42 Å². The van der Waals surface area contributed by atoms with E-state index in [1.807, 2.05) is 0 Å². The van der Waals surface area contributed by atoms with Crippen LogP contribution in [0.1, 0.15) is 20.3 Å². The van der Waals surface area contributed by atoms with E-state index in [4.69, 9.17) is 10.5 Å². The van der Waals surface area contributed by atoms with E-state index < -0.39 is 30.6 Å². The molecule has 0 fully saturated rings. The molecule has 0 saturated heterocycles. The second-order valence-electron chi connectivity index (χ2n) is 3.26. The molecule has 1 unspecified atom stereocenters. The first-order valence-electron chi connectivity index (χ1n) is 5.12. The van der Waals surface area contributed by atoms with Gasteiger partial charge in [-0.3, -0.25) is 9.59 Å². The lowest BCUT2D eigenvalue weighted by atomic mass is 10.2. The molecule has 0 rings (SSSR count). The van der Waals surface area contributed by atoms with Gasteiger partial charge in [0.15, 0.2) is 6.61 Å². The first-order chi connectivity index (χ1) is 7.95. The van der Waals surface area contributed by atoms with Crippen LogP contribution in [0.25, 0.3) is 0 Å². The number of hydrogen-bond acceptors (Lipinski definition) is 7. The molecular formula is C10H17NO6. The van der Waals surface area contributed by atoms with Crippen molar-refractivity contribution in [3.8, 4) is 0 Å². The zero-order valence-corrected chi connectivity index (χ0v) is 9.93. The third kappa shape index (κ3) is 9.31. The predicted octanol–water partition coefficient (Wildman–Crippen LogP) is -0.627. The minimum atomic E-state index is -0.682. The van der Waals surface area contributed by atoms with Crippen molar-refractivity contribution >= 4 is 17.9 Å². The van der Waals surface area contributed by atoms with E-state index in [1.54, 1.807) is 0 Å². The summed E-state index contributed by atoms with van der Waals surface area (Å²) in [6, 6.07) is 0. The van der Waals surface area contributed by atoms with Crippen molar-refractivity contribution in [1.29, 1.82) is 0 Å². The second-order valence-corrected chi connectivity index (χ2v) is 3.26. The van der Waals surface area contributed by atoms with E-state index >= 15 is 0 Å². The fraction of sp³-hybridized carbons (Fsp3) is 0.700. The van der Waals surface area contributed by atoms with Crippen molar-refractivity contribution in [3.05, 3.63) is 0 Å². The highest BCUT2D eigenvalue weighted by atomic mass is 16.6. The molecule has 0 saturated carbocycles. The van der Waals surface area contributed by atoms with Crippen LogP contribution in [0.2, 0.25) is 0 Å². The third-order valence-corrected chi connectivity index (χ3v) is 1.70. The highest BCUT2D eigenvalue weighted by molar-refractivity contribution is 5.75. The Hall–Kier alpha value is -1.63. The monoisotopic (exact) mass is 247 g/mol. The molecule has 2 N–H and O–H groups in total. The number of nitrogens with two attached hydrogens (primary N) is 1. The van der Waals surface area contributed by atoms with Crippen LogP contribution in [-0.4, -0.2) is 43.8 Å². The molecule has 0 bridgehead atoms. The third-order valence-electron chi connectivity index (χ3n) is 1.70. The minimum absolute atomic E-state index is 0.104. The van der Waals surface area contributed by atoms with Crippen molar-refractivity contribution in [2.45, 2.75) is 26.4 Å². The summed E-state index contributed by atoms with van der Waals surface area (Å²) in [5.74, 6) is -1.66. The van der Waals surface area contributed by atoms with E-state index in [1.165, 1.54) is 13.8 Å². The topological polar surface area (TPSA) is 105 Å². The maximum atomic E-state index is 11.2. The van der Waals surface area contributed by atoms with Gasteiger partial charge < -0.3 is 19.9 Å². The Morgan fingerprint density at radius 2 is 1.71 bits per heavy atom. The maximum Gasteiger partial charge on any atom is 0.344 e. The Labute approximate surface area is 99.2 Å². The van der Waals surface area contributed by atoms with E-state index in [2.05, 4.69) is 9.47 Å². The fourth-order valence-corrected chi connectivity index (χ4v) is 0.939. The van der Waals surface area contributed by atoms with Gasteiger partial charge in [0, 0.05) is 26.8 Å². The molecule has 0 spiro atoms. The number of ether oxygens (including phenoxy) is 3. The molecule has 0 aromatic rings. The average molecular weight is 247 g/mol. The van der Waals surface area contributed by atoms with E-state index in [9.17, 15) is 14.4 Å².